The topological polar surface area (TPSA) is 83.6 Å². The van der Waals surface area contributed by atoms with Crippen molar-refractivity contribution in [2.24, 2.45) is 5.73 Å². The molecule has 0 aliphatic heterocycles. The maximum absolute atomic E-state index is 12.5. The van der Waals surface area contributed by atoms with Crippen LogP contribution in [0.5, 0.6) is 0 Å². The van der Waals surface area contributed by atoms with E-state index in [9.17, 15) is 13.5 Å². The van der Waals surface area contributed by atoms with Gasteiger partial charge in [-0.15, -0.1) is 0 Å². The summed E-state index contributed by atoms with van der Waals surface area (Å²) in [7, 11) is -2.35. The Bertz CT molecular complexity index is 558. The number of nitrogens with zero attached hydrogens (tertiary/aromatic N) is 1. The molecule has 0 aromatic heterocycles. The molecule has 108 valence electrons. The Labute approximate surface area is 119 Å². The van der Waals surface area contributed by atoms with Crippen LogP contribution in [0.2, 0.25) is 5.02 Å². The fourth-order valence-electron chi connectivity index (χ4n) is 1.45. The predicted molar refractivity (Wildman–Crippen MR) is 75.5 cm³/mol. The minimum Gasteiger partial charge on any atom is -0.394 e. The Morgan fingerprint density at radius 1 is 1.42 bits per heavy atom. The van der Waals surface area contributed by atoms with Gasteiger partial charge in [0.25, 0.3) is 0 Å². The van der Waals surface area contributed by atoms with Crippen LogP contribution in [0.25, 0.3) is 0 Å². The molecular formula is C12H19ClN2O3S. The summed E-state index contributed by atoms with van der Waals surface area (Å²) in [4.78, 5) is 0.00962. The minimum absolute atomic E-state index is 0.00962. The molecular weight excluding hydrogens is 288 g/mol. The van der Waals surface area contributed by atoms with Gasteiger partial charge in [-0.25, -0.2) is 8.42 Å². The van der Waals surface area contributed by atoms with Gasteiger partial charge in [0.05, 0.1) is 17.2 Å². The van der Waals surface area contributed by atoms with E-state index < -0.39 is 15.6 Å². The van der Waals surface area contributed by atoms with Crippen molar-refractivity contribution in [2.45, 2.75) is 30.8 Å². The summed E-state index contributed by atoms with van der Waals surface area (Å²) < 4.78 is 26.0. The van der Waals surface area contributed by atoms with E-state index in [-0.39, 0.29) is 23.1 Å². The van der Waals surface area contributed by atoms with Crippen molar-refractivity contribution in [3.05, 3.63) is 28.8 Å². The Morgan fingerprint density at radius 2 is 2.00 bits per heavy atom. The van der Waals surface area contributed by atoms with E-state index in [1.54, 1.807) is 19.9 Å². The number of nitrogens with two attached hydrogens (primary N) is 1. The van der Waals surface area contributed by atoms with Crippen LogP contribution in [0, 0.1) is 0 Å². The molecule has 0 amide bonds. The second-order valence-electron chi connectivity index (χ2n) is 4.91. The number of aliphatic hydroxyl groups excluding tert-OH is 1. The smallest absolute Gasteiger partial charge is 0.244 e. The highest BCUT2D eigenvalue weighted by molar-refractivity contribution is 7.89. The molecule has 0 unspecified atom stereocenters. The number of likely N-dealkylation sites (N-methyl/N-ethyl adjacent to an activating group) is 1. The molecule has 0 spiro atoms. The quantitative estimate of drug-likeness (QED) is 0.856. The zero-order valence-electron chi connectivity index (χ0n) is 11.2. The summed E-state index contributed by atoms with van der Waals surface area (Å²) in [6, 6.07) is 4.59. The van der Waals surface area contributed by atoms with Crippen LogP contribution in [0.1, 0.15) is 19.4 Å². The van der Waals surface area contributed by atoms with Crippen molar-refractivity contribution in [3.63, 3.8) is 0 Å². The normalized spacial score (nSPS) is 13.0. The lowest BCUT2D eigenvalue weighted by Gasteiger charge is -2.33. The lowest BCUT2D eigenvalue weighted by atomic mass is 10.1. The van der Waals surface area contributed by atoms with Gasteiger partial charge in [0.1, 0.15) is 4.90 Å². The molecule has 0 saturated carbocycles. The van der Waals surface area contributed by atoms with Crippen LogP contribution >= 0.6 is 11.6 Å². The molecule has 0 saturated heterocycles. The zero-order chi connectivity index (χ0) is 14.8. The van der Waals surface area contributed by atoms with Crippen molar-refractivity contribution in [1.29, 1.82) is 0 Å². The molecule has 0 atom stereocenters. The lowest BCUT2D eigenvalue weighted by Crippen LogP contribution is -2.47. The fourth-order valence-corrected chi connectivity index (χ4v) is 3.50. The van der Waals surface area contributed by atoms with E-state index in [0.29, 0.717) is 0 Å². The molecule has 0 radical (unpaired) electrons. The molecule has 0 fully saturated rings. The molecule has 0 bridgehead atoms. The second-order valence-corrected chi connectivity index (χ2v) is 7.26. The van der Waals surface area contributed by atoms with Crippen molar-refractivity contribution in [1.82, 2.24) is 4.31 Å². The molecule has 0 aliphatic carbocycles. The van der Waals surface area contributed by atoms with Gasteiger partial charge >= 0.3 is 0 Å². The Morgan fingerprint density at radius 3 is 2.42 bits per heavy atom. The van der Waals surface area contributed by atoms with E-state index >= 15 is 0 Å². The monoisotopic (exact) mass is 306 g/mol. The molecule has 19 heavy (non-hydrogen) atoms. The SMILES string of the molecule is CN(C(C)(C)CO)S(=O)(=O)c1ccc(CN)cc1Cl. The predicted octanol–water partition coefficient (Wildman–Crippen LogP) is 1.19. The second kappa shape index (κ2) is 5.76. The lowest BCUT2D eigenvalue weighted by molar-refractivity contribution is 0.138. The third-order valence-electron chi connectivity index (χ3n) is 3.11. The van der Waals surface area contributed by atoms with Crippen molar-refractivity contribution in [3.8, 4) is 0 Å². The van der Waals surface area contributed by atoms with Gasteiger partial charge in [-0.05, 0) is 31.5 Å². The summed E-state index contributed by atoms with van der Waals surface area (Å²) in [5.41, 5.74) is 5.33. The van der Waals surface area contributed by atoms with Gasteiger partial charge in [0.15, 0.2) is 0 Å². The minimum atomic E-state index is -3.76. The highest BCUT2D eigenvalue weighted by Gasteiger charge is 2.34. The van der Waals surface area contributed by atoms with E-state index in [4.69, 9.17) is 17.3 Å². The zero-order valence-corrected chi connectivity index (χ0v) is 12.8. The standard InChI is InChI=1S/C12H19ClN2O3S/c1-12(2,8-16)15(3)19(17,18)11-5-4-9(7-14)6-10(11)13/h4-6,16H,7-8,14H2,1-3H3. The molecule has 1 rings (SSSR count). The van der Waals surface area contributed by atoms with Gasteiger partial charge in [0, 0.05) is 13.6 Å². The molecule has 5 nitrogen and oxygen atoms in total. The highest BCUT2D eigenvalue weighted by Crippen LogP contribution is 2.28. The number of rotatable bonds is 5. The summed E-state index contributed by atoms with van der Waals surface area (Å²) in [5, 5.41) is 9.40. The van der Waals surface area contributed by atoms with Crippen molar-refractivity contribution >= 4 is 21.6 Å². The van der Waals surface area contributed by atoms with Crippen LogP contribution in [-0.2, 0) is 16.6 Å². The molecule has 1 aromatic rings. The first-order valence-electron chi connectivity index (χ1n) is 5.75. The van der Waals surface area contributed by atoms with Gasteiger partial charge in [0.2, 0.25) is 10.0 Å². The number of hydrogen-bond acceptors (Lipinski definition) is 4. The highest BCUT2D eigenvalue weighted by atomic mass is 35.5. The number of sulfonamides is 1. The summed E-state index contributed by atoms with van der Waals surface area (Å²) >= 11 is 6.01. The molecule has 7 heteroatoms. The number of hydrogen-bond donors (Lipinski definition) is 2. The third kappa shape index (κ3) is 3.27. The first kappa shape index (κ1) is 16.4. The largest absolute Gasteiger partial charge is 0.394 e. The summed E-state index contributed by atoms with van der Waals surface area (Å²) in [6.45, 7) is 3.26. The first-order chi connectivity index (χ1) is 8.66. The number of benzene rings is 1. The third-order valence-corrected chi connectivity index (χ3v) is 5.66. The number of aliphatic hydroxyl groups is 1. The fraction of sp³-hybridized carbons (Fsp3) is 0.500. The van der Waals surface area contributed by atoms with E-state index in [1.807, 2.05) is 0 Å². The van der Waals surface area contributed by atoms with Gasteiger partial charge in [-0.2, -0.15) is 4.31 Å². The molecule has 1 aromatic carbocycles. The van der Waals surface area contributed by atoms with Crippen LogP contribution < -0.4 is 5.73 Å². The maximum atomic E-state index is 12.5. The van der Waals surface area contributed by atoms with E-state index in [1.165, 1.54) is 19.2 Å². The Balaban J connectivity index is 3.28. The summed E-state index contributed by atoms with van der Waals surface area (Å²) in [6.07, 6.45) is 0. The van der Waals surface area contributed by atoms with Crippen molar-refractivity contribution in [2.75, 3.05) is 13.7 Å². The van der Waals surface area contributed by atoms with Crippen LogP contribution in [0.4, 0.5) is 0 Å². The van der Waals surface area contributed by atoms with Gasteiger partial charge in [-0.1, -0.05) is 17.7 Å². The Kier molecular flexibility index (Phi) is 4.97. The first-order valence-corrected chi connectivity index (χ1v) is 7.57. The van der Waals surface area contributed by atoms with Gasteiger partial charge < -0.3 is 10.8 Å². The maximum Gasteiger partial charge on any atom is 0.244 e. The van der Waals surface area contributed by atoms with Crippen molar-refractivity contribution < 1.29 is 13.5 Å². The van der Waals surface area contributed by atoms with Crippen LogP contribution in [-0.4, -0.2) is 37.0 Å². The average Bonchev–Trinajstić information content (AvgIpc) is 2.37. The Hall–Kier alpha value is -0.660. The molecule has 0 aliphatic rings. The van der Waals surface area contributed by atoms with Crippen LogP contribution in [0.3, 0.4) is 0 Å². The summed E-state index contributed by atoms with van der Waals surface area (Å²) in [5.74, 6) is 0. The average molecular weight is 307 g/mol. The van der Waals surface area contributed by atoms with E-state index in [2.05, 4.69) is 0 Å². The molecule has 3 N–H and O–H groups in total. The van der Waals surface area contributed by atoms with E-state index in [0.717, 1.165) is 9.87 Å². The molecule has 0 heterocycles. The van der Waals surface area contributed by atoms with Crippen LogP contribution in [0.15, 0.2) is 23.1 Å². The van der Waals surface area contributed by atoms with Gasteiger partial charge in [-0.3, -0.25) is 0 Å². The number of halogens is 1.